The molecule has 0 radical (unpaired) electrons. The molecule has 0 saturated heterocycles. The molecule has 132 valence electrons. The van der Waals surface area contributed by atoms with Crippen LogP contribution in [-0.4, -0.2) is 43.9 Å². The van der Waals surface area contributed by atoms with Crippen LogP contribution in [0.25, 0.3) is 0 Å². The molecule has 1 heterocycles. The van der Waals surface area contributed by atoms with Crippen molar-refractivity contribution in [2.75, 3.05) is 26.7 Å². The number of hydrogen-bond acceptors (Lipinski definition) is 4. The fraction of sp³-hybridized carbons (Fsp3) is 0.688. The Morgan fingerprint density at radius 1 is 1.39 bits per heavy atom. The zero-order valence-electron chi connectivity index (χ0n) is 14.5. The summed E-state index contributed by atoms with van der Waals surface area (Å²) in [5.41, 5.74) is 0.0167. The second-order valence-corrected chi connectivity index (χ2v) is 8.10. The summed E-state index contributed by atoms with van der Waals surface area (Å²) in [6, 6.07) is 3.63. The Morgan fingerprint density at radius 3 is 2.57 bits per heavy atom. The van der Waals surface area contributed by atoms with E-state index in [2.05, 4.69) is 36.4 Å². The van der Waals surface area contributed by atoms with Gasteiger partial charge in [0.25, 0.3) is 0 Å². The third-order valence-corrected chi connectivity index (χ3v) is 4.73. The minimum absolute atomic E-state index is 0.0167. The molecule has 0 aliphatic carbocycles. The van der Waals surface area contributed by atoms with E-state index < -0.39 is 6.10 Å². The van der Waals surface area contributed by atoms with Crippen LogP contribution in [0.4, 0.5) is 0 Å². The van der Waals surface area contributed by atoms with E-state index in [-0.39, 0.29) is 11.5 Å². The second kappa shape index (κ2) is 9.47. The largest absolute Gasteiger partial charge is 0.386 e. The van der Waals surface area contributed by atoms with Crippen LogP contribution in [0.5, 0.6) is 0 Å². The highest BCUT2D eigenvalue weighted by Crippen LogP contribution is 2.26. The molecule has 0 fully saturated rings. The minimum atomic E-state index is -0.614. The molecule has 0 bridgehead atoms. The number of ether oxygens (including phenoxy) is 1. The summed E-state index contributed by atoms with van der Waals surface area (Å²) in [6.07, 6.45) is -0.587. The topological polar surface area (TPSA) is 65.9 Å². The number of hydrogen-bond donors (Lipinski definition) is 3. The third kappa shape index (κ3) is 7.08. The monoisotopic (exact) mass is 361 g/mol. The predicted molar refractivity (Wildman–Crippen MR) is 98.5 cm³/mol. The van der Waals surface area contributed by atoms with Crippen LogP contribution in [0, 0.1) is 5.41 Å². The van der Waals surface area contributed by atoms with E-state index in [9.17, 15) is 5.11 Å². The van der Waals surface area contributed by atoms with E-state index in [0.717, 1.165) is 11.4 Å². The lowest BCUT2D eigenvalue weighted by molar-refractivity contribution is 0.0241. The summed E-state index contributed by atoms with van der Waals surface area (Å²) in [5, 5.41) is 16.5. The van der Waals surface area contributed by atoms with Crippen molar-refractivity contribution in [2.24, 2.45) is 10.4 Å². The zero-order chi connectivity index (χ0) is 17.5. The SMILES string of the molecule is CCNC(=NCC(OC)C(C)(C)C)NCC(O)c1ccc(Cl)s1. The van der Waals surface area contributed by atoms with Crippen molar-refractivity contribution in [2.45, 2.75) is 39.9 Å². The summed E-state index contributed by atoms with van der Waals surface area (Å²) in [6.45, 7) is 10.1. The molecule has 5 nitrogen and oxygen atoms in total. The van der Waals surface area contributed by atoms with Gasteiger partial charge < -0.3 is 20.5 Å². The van der Waals surface area contributed by atoms with Gasteiger partial charge in [-0.05, 0) is 24.5 Å². The minimum Gasteiger partial charge on any atom is -0.386 e. The van der Waals surface area contributed by atoms with Gasteiger partial charge >= 0.3 is 0 Å². The van der Waals surface area contributed by atoms with Gasteiger partial charge in [0.15, 0.2) is 5.96 Å². The lowest BCUT2D eigenvalue weighted by Crippen LogP contribution is -2.41. The molecular formula is C16H28ClN3O2S. The van der Waals surface area contributed by atoms with Gasteiger partial charge in [-0.25, -0.2) is 0 Å². The number of aliphatic hydroxyl groups is 1. The molecule has 23 heavy (non-hydrogen) atoms. The van der Waals surface area contributed by atoms with E-state index >= 15 is 0 Å². The molecule has 0 aliphatic rings. The van der Waals surface area contributed by atoms with Crippen molar-refractivity contribution in [1.29, 1.82) is 0 Å². The van der Waals surface area contributed by atoms with Crippen molar-refractivity contribution in [1.82, 2.24) is 10.6 Å². The number of rotatable bonds is 7. The van der Waals surface area contributed by atoms with Crippen LogP contribution in [0.3, 0.4) is 0 Å². The Hall–Kier alpha value is -0.820. The van der Waals surface area contributed by atoms with Crippen molar-refractivity contribution in [3.05, 3.63) is 21.3 Å². The van der Waals surface area contributed by atoms with Crippen LogP contribution in [0.15, 0.2) is 17.1 Å². The number of halogens is 1. The van der Waals surface area contributed by atoms with E-state index in [0.29, 0.717) is 23.4 Å². The molecule has 3 N–H and O–H groups in total. The van der Waals surface area contributed by atoms with Crippen LogP contribution in [-0.2, 0) is 4.74 Å². The summed E-state index contributed by atoms with van der Waals surface area (Å²) >= 11 is 7.28. The van der Waals surface area contributed by atoms with Gasteiger partial charge in [0.05, 0.1) is 17.0 Å². The first-order chi connectivity index (χ1) is 10.8. The molecular weight excluding hydrogens is 334 g/mol. The first kappa shape index (κ1) is 20.2. The maximum atomic E-state index is 10.2. The van der Waals surface area contributed by atoms with Crippen LogP contribution >= 0.6 is 22.9 Å². The average molecular weight is 362 g/mol. The average Bonchev–Trinajstić information content (AvgIpc) is 2.90. The summed E-state index contributed by atoms with van der Waals surface area (Å²) < 4.78 is 6.19. The first-order valence-corrected chi connectivity index (χ1v) is 8.95. The fourth-order valence-corrected chi connectivity index (χ4v) is 3.07. The molecule has 1 aromatic heterocycles. The van der Waals surface area contributed by atoms with Gasteiger partial charge in [-0.2, -0.15) is 0 Å². The van der Waals surface area contributed by atoms with Gasteiger partial charge in [0, 0.05) is 25.1 Å². The number of nitrogens with zero attached hydrogens (tertiary/aromatic N) is 1. The second-order valence-electron chi connectivity index (χ2n) is 6.35. The normalized spacial score (nSPS) is 15.3. The molecule has 0 aromatic carbocycles. The van der Waals surface area contributed by atoms with Gasteiger partial charge in [-0.15, -0.1) is 11.3 Å². The number of guanidine groups is 1. The van der Waals surface area contributed by atoms with Crippen LogP contribution in [0.2, 0.25) is 4.34 Å². The summed E-state index contributed by atoms with van der Waals surface area (Å²) in [7, 11) is 1.70. The maximum Gasteiger partial charge on any atom is 0.191 e. The van der Waals surface area contributed by atoms with E-state index in [1.165, 1.54) is 11.3 Å². The number of methoxy groups -OCH3 is 1. The van der Waals surface area contributed by atoms with E-state index in [4.69, 9.17) is 16.3 Å². The molecule has 2 atom stereocenters. The van der Waals surface area contributed by atoms with Crippen molar-refractivity contribution in [3.63, 3.8) is 0 Å². The molecule has 0 amide bonds. The highest BCUT2D eigenvalue weighted by molar-refractivity contribution is 7.16. The quantitative estimate of drug-likeness (QED) is 0.516. The van der Waals surface area contributed by atoms with Crippen molar-refractivity contribution < 1.29 is 9.84 Å². The molecule has 1 aromatic rings. The molecule has 0 spiro atoms. The van der Waals surface area contributed by atoms with Crippen LogP contribution in [0.1, 0.15) is 38.7 Å². The summed E-state index contributed by atoms with van der Waals surface area (Å²) in [5.74, 6) is 0.667. The van der Waals surface area contributed by atoms with Gasteiger partial charge in [-0.3, -0.25) is 4.99 Å². The Bertz CT molecular complexity index is 500. The zero-order valence-corrected chi connectivity index (χ0v) is 16.1. The highest BCUT2D eigenvalue weighted by Gasteiger charge is 2.24. The maximum absolute atomic E-state index is 10.2. The lowest BCUT2D eigenvalue weighted by Gasteiger charge is -2.28. The molecule has 1 rings (SSSR count). The molecule has 0 aliphatic heterocycles. The summed E-state index contributed by atoms with van der Waals surface area (Å²) in [4.78, 5) is 5.39. The Morgan fingerprint density at radius 2 is 2.09 bits per heavy atom. The molecule has 7 heteroatoms. The third-order valence-electron chi connectivity index (χ3n) is 3.40. The highest BCUT2D eigenvalue weighted by atomic mass is 35.5. The van der Waals surface area contributed by atoms with Crippen LogP contribution < -0.4 is 10.6 Å². The van der Waals surface area contributed by atoms with Crippen molar-refractivity contribution >= 4 is 28.9 Å². The molecule has 0 saturated carbocycles. The Labute approximate surface area is 148 Å². The fourth-order valence-electron chi connectivity index (χ4n) is 2.02. The van der Waals surface area contributed by atoms with E-state index in [1.807, 2.05) is 13.0 Å². The van der Waals surface area contributed by atoms with E-state index in [1.54, 1.807) is 13.2 Å². The van der Waals surface area contributed by atoms with Crippen molar-refractivity contribution in [3.8, 4) is 0 Å². The number of nitrogens with one attached hydrogen (secondary N) is 2. The lowest BCUT2D eigenvalue weighted by atomic mass is 9.89. The molecule has 2 unspecified atom stereocenters. The Kier molecular flexibility index (Phi) is 8.33. The number of aliphatic imine (C=N–C) groups is 1. The smallest absolute Gasteiger partial charge is 0.191 e. The number of aliphatic hydroxyl groups excluding tert-OH is 1. The first-order valence-electron chi connectivity index (χ1n) is 7.76. The predicted octanol–water partition coefficient (Wildman–Crippen LogP) is 3.05. The standard InChI is InChI=1S/C16H28ClN3O2S/c1-6-18-15(20-10-13(22-5)16(2,3)4)19-9-11(21)12-7-8-14(17)23-12/h7-8,11,13,21H,6,9-10H2,1-5H3,(H2,18,19,20). The van der Waals surface area contributed by atoms with Gasteiger partial charge in [0.2, 0.25) is 0 Å². The van der Waals surface area contributed by atoms with Gasteiger partial charge in [-0.1, -0.05) is 32.4 Å². The number of thiophene rings is 1. The van der Waals surface area contributed by atoms with Gasteiger partial charge in [0.1, 0.15) is 6.10 Å². The Balaban J connectivity index is 2.61.